The molecule has 0 aliphatic carbocycles. The van der Waals surface area contributed by atoms with Crippen molar-refractivity contribution >= 4 is 38.0 Å². The third-order valence-corrected chi connectivity index (χ3v) is 7.16. The minimum atomic E-state index is -3.06. The van der Waals surface area contributed by atoms with E-state index in [0.29, 0.717) is 13.1 Å². The normalized spacial score (nSPS) is 17.7. The first-order valence-electron chi connectivity index (χ1n) is 7.19. The molecule has 0 bridgehead atoms. The maximum atomic E-state index is 11.8. The number of hydrogen-bond acceptors (Lipinski definition) is 7. The van der Waals surface area contributed by atoms with Gasteiger partial charge in [-0.05, 0) is 37.4 Å². The molecule has 1 saturated heterocycles. The van der Waals surface area contributed by atoms with E-state index in [4.69, 9.17) is 0 Å². The Hall–Kier alpha value is -1.03. The van der Waals surface area contributed by atoms with Crippen LogP contribution in [-0.4, -0.2) is 47.0 Å². The van der Waals surface area contributed by atoms with E-state index in [1.165, 1.54) is 11.5 Å². The number of sulfonamides is 1. The van der Waals surface area contributed by atoms with Crippen LogP contribution in [0, 0.1) is 0 Å². The van der Waals surface area contributed by atoms with Gasteiger partial charge in [0.05, 0.1) is 16.3 Å². The molecular formula is C13H18N4O2S3. The first-order valence-corrected chi connectivity index (χ1v) is 10.5. The van der Waals surface area contributed by atoms with Gasteiger partial charge in [0.2, 0.25) is 10.0 Å². The fourth-order valence-corrected chi connectivity index (χ4v) is 4.99. The molecule has 0 saturated carbocycles. The zero-order valence-corrected chi connectivity index (χ0v) is 14.7. The summed E-state index contributed by atoms with van der Waals surface area (Å²) in [4.78, 5) is 5.64. The van der Waals surface area contributed by atoms with Crippen LogP contribution in [0.1, 0.15) is 19.8 Å². The molecule has 0 atom stereocenters. The summed E-state index contributed by atoms with van der Waals surface area (Å²) in [6.45, 7) is 2.86. The lowest BCUT2D eigenvalue weighted by atomic mass is 10.1. The van der Waals surface area contributed by atoms with Crippen LogP contribution in [-0.2, 0) is 10.0 Å². The van der Waals surface area contributed by atoms with E-state index in [1.807, 2.05) is 11.4 Å². The van der Waals surface area contributed by atoms with Gasteiger partial charge in [-0.15, -0.1) is 11.3 Å². The number of aromatic nitrogens is 2. The van der Waals surface area contributed by atoms with E-state index < -0.39 is 10.0 Å². The predicted molar refractivity (Wildman–Crippen MR) is 90.9 cm³/mol. The first-order chi connectivity index (χ1) is 10.6. The lowest BCUT2D eigenvalue weighted by Gasteiger charge is -2.31. The van der Waals surface area contributed by atoms with Gasteiger partial charge in [0.15, 0.2) is 5.13 Å². The zero-order chi connectivity index (χ0) is 15.6. The van der Waals surface area contributed by atoms with Crippen molar-refractivity contribution in [2.75, 3.05) is 24.2 Å². The van der Waals surface area contributed by atoms with Gasteiger partial charge in [0, 0.05) is 30.7 Å². The summed E-state index contributed by atoms with van der Waals surface area (Å²) >= 11 is 3.01. The van der Waals surface area contributed by atoms with E-state index in [2.05, 4.69) is 14.7 Å². The van der Waals surface area contributed by atoms with Gasteiger partial charge < -0.3 is 5.32 Å². The number of anilines is 1. The maximum Gasteiger partial charge on any atom is 0.213 e. The molecule has 1 aliphatic heterocycles. The molecule has 0 amide bonds. The van der Waals surface area contributed by atoms with Crippen LogP contribution in [0.4, 0.5) is 5.13 Å². The Morgan fingerprint density at radius 3 is 2.82 bits per heavy atom. The molecular weight excluding hydrogens is 340 g/mol. The molecule has 1 aliphatic rings. The Morgan fingerprint density at radius 1 is 1.41 bits per heavy atom. The number of thiazole rings is 1. The molecule has 6 nitrogen and oxygen atoms in total. The van der Waals surface area contributed by atoms with Crippen molar-refractivity contribution in [3.63, 3.8) is 0 Å². The molecule has 3 heterocycles. The van der Waals surface area contributed by atoms with E-state index in [1.54, 1.807) is 28.8 Å². The van der Waals surface area contributed by atoms with Crippen molar-refractivity contribution in [3.8, 4) is 10.6 Å². The molecule has 0 aromatic carbocycles. The third kappa shape index (κ3) is 3.48. The predicted octanol–water partition coefficient (Wildman–Crippen LogP) is 2.49. The minimum Gasteiger partial charge on any atom is -0.359 e. The Balaban J connectivity index is 1.57. The summed E-state index contributed by atoms with van der Waals surface area (Å²) in [6, 6.07) is 2.24. The summed E-state index contributed by atoms with van der Waals surface area (Å²) in [5, 5.41) is 6.33. The number of piperidine rings is 1. The molecule has 0 spiro atoms. The second kappa shape index (κ2) is 6.61. The monoisotopic (exact) mass is 358 g/mol. The van der Waals surface area contributed by atoms with Gasteiger partial charge in [-0.3, -0.25) is 0 Å². The van der Waals surface area contributed by atoms with Crippen molar-refractivity contribution in [3.05, 3.63) is 17.6 Å². The van der Waals surface area contributed by atoms with Gasteiger partial charge in [-0.25, -0.2) is 22.1 Å². The maximum absolute atomic E-state index is 11.8. The molecule has 22 heavy (non-hydrogen) atoms. The van der Waals surface area contributed by atoms with E-state index in [9.17, 15) is 8.42 Å². The zero-order valence-electron chi connectivity index (χ0n) is 12.2. The Kier molecular flexibility index (Phi) is 4.76. The Bertz CT molecular complexity index is 703. The molecule has 2 aromatic rings. The van der Waals surface area contributed by atoms with Crippen molar-refractivity contribution in [2.24, 2.45) is 0 Å². The summed E-state index contributed by atoms with van der Waals surface area (Å²) in [7, 11) is -3.06. The molecule has 1 fully saturated rings. The van der Waals surface area contributed by atoms with E-state index in [0.717, 1.165) is 28.5 Å². The molecule has 0 unspecified atom stereocenters. The van der Waals surface area contributed by atoms with Crippen LogP contribution in [0.15, 0.2) is 17.6 Å². The molecule has 2 aromatic heterocycles. The molecule has 3 rings (SSSR count). The van der Waals surface area contributed by atoms with Gasteiger partial charge in [-0.2, -0.15) is 0 Å². The summed E-state index contributed by atoms with van der Waals surface area (Å²) in [5.41, 5.74) is 0.945. The fourth-order valence-electron chi connectivity index (χ4n) is 2.44. The van der Waals surface area contributed by atoms with Crippen LogP contribution in [0.2, 0.25) is 0 Å². The lowest BCUT2D eigenvalue weighted by Crippen LogP contribution is -2.42. The van der Waals surface area contributed by atoms with Crippen LogP contribution in [0.5, 0.6) is 0 Å². The van der Waals surface area contributed by atoms with Crippen LogP contribution >= 0.6 is 22.9 Å². The molecule has 1 N–H and O–H groups in total. The minimum absolute atomic E-state index is 0.176. The number of rotatable bonds is 5. The van der Waals surface area contributed by atoms with Gasteiger partial charge in [-0.1, -0.05) is 0 Å². The van der Waals surface area contributed by atoms with Crippen molar-refractivity contribution in [2.45, 2.75) is 25.8 Å². The Morgan fingerprint density at radius 2 is 2.18 bits per heavy atom. The topological polar surface area (TPSA) is 75.2 Å². The van der Waals surface area contributed by atoms with Gasteiger partial charge in [0.25, 0.3) is 0 Å². The second-order valence-corrected chi connectivity index (χ2v) is 9.08. The van der Waals surface area contributed by atoms with Gasteiger partial charge in [0.1, 0.15) is 0 Å². The number of hydrogen-bond donors (Lipinski definition) is 1. The quantitative estimate of drug-likeness (QED) is 0.889. The van der Waals surface area contributed by atoms with Crippen molar-refractivity contribution in [1.82, 2.24) is 13.7 Å². The average Bonchev–Trinajstić information content (AvgIpc) is 3.18. The summed E-state index contributed by atoms with van der Waals surface area (Å²) < 4.78 is 29.4. The fraction of sp³-hybridized carbons (Fsp3) is 0.538. The van der Waals surface area contributed by atoms with Crippen molar-refractivity contribution < 1.29 is 8.42 Å². The largest absolute Gasteiger partial charge is 0.359 e. The van der Waals surface area contributed by atoms with E-state index >= 15 is 0 Å². The Labute approximate surface area is 138 Å². The highest BCUT2D eigenvalue weighted by molar-refractivity contribution is 7.89. The third-order valence-electron chi connectivity index (χ3n) is 3.73. The molecule has 120 valence electrons. The highest BCUT2D eigenvalue weighted by Crippen LogP contribution is 2.28. The molecule has 0 radical (unpaired) electrons. The van der Waals surface area contributed by atoms with Crippen molar-refractivity contribution in [1.29, 1.82) is 0 Å². The summed E-state index contributed by atoms with van der Waals surface area (Å²) in [6.07, 6.45) is 3.40. The first kappa shape index (κ1) is 15.9. The SMILES string of the molecule is CCS(=O)(=O)N1CCC(Nc2nc(-c3ccns3)cs2)CC1. The van der Waals surface area contributed by atoms with Crippen LogP contribution in [0.3, 0.4) is 0 Å². The number of nitrogens with zero attached hydrogens (tertiary/aromatic N) is 3. The summed E-state index contributed by atoms with van der Waals surface area (Å²) in [5.74, 6) is 0.176. The van der Waals surface area contributed by atoms with Gasteiger partial charge >= 0.3 is 0 Å². The standard InChI is InChI=1S/C13H18N4O2S3/c1-2-22(18,19)17-7-4-10(5-8-17)15-13-16-11(9-20-13)12-3-6-14-21-12/h3,6,9-10H,2,4-5,7-8H2,1H3,(H,15,16). The highest BCUT2D eigenvalue weighted by atomic mass is 32.2. The van der Waals surface area contributed by atoms with E-state index in [-0.39, 0.29) is 11.8 Å². The van der Waals surface area contributed by atoms with Crippen LogP contribution < -0.4 is 5.32 Å². The lowest BCUT2D eigenvalue weighted by molar-refractivity contribution is 0.330. The second-order valence-electron chi connectivity index (χ2n) is 5.13. The average molecular weight is 359 g/mol. The molecule has 9 heteroatoms. The highest BCUT2D eigenvalue weighted by Gasteiger charge is 2.26. The smallest absolute Gasteiger partial charge is 0.213 e. The number of nitrogens with one attached hydrogen (secondary N) is 1. The van der Waals surface area contributed by atoms with Crippen LogP contribution in [0.25, 0.3) is 10.6 Å².